The molecule has 7 nitrogen and oxygen atoms in total. The van der Waals surface area contributed by atoms with Gasteiger partial charge in [0.1, 0.15) is 6.54 Å². The monoisotopic (exact) mass is 309 g/mol. The van der Waals surface area contributed by atoms with Crippen molar-refractivity contribution in [1.29, 1.82) is 0 Å². The van der Waals surface area contributed by atoms with Crippen molar-refractivity contribution in [2.45, 2.75) is 12.3 Å². The third kappa shape index (κ3) is 4.60. The van der Waals surface area contributed by atoms with E-state index in [1.54, 1.807) is 24.3 Å². The Morgan fingerprint density at radius 3 is 2.71 bits per heavy atom. The highest BCUT2D eigenvalue weighted by molar-refractivity contribution is 7.91. The van der Waals surface area contributed by atoms with E-state index in [0.29, 0.717) is 11.3 Å². The lowest BCUT2D eigenvalue weighted by Crippen LogP contribution is -2.15. The van der Waals surface area contributed by atoms with Crippen LogP contribution in [0.15, 0.2) is 42.7 Å². The van der Waals surface area contributed by atoms with Gasteiger partial charge in [0.2, 0.25) is 10.0 Å². The van der Waals surface area contributed by atoms with Crippen LogP contribution in [0, 0.1) is 0 Å². The number of hydrogen-bond acceptors (Lipinski definition) is 5. The van der Waals surface area contributed by atoms with Crippen LogP contribution in [0.1, 0.15) is 5.56 Å². The number of rotatable bonds is 6. The van der Waals surface area contributed by atoms with Crippen molar-refractivity contribution in [3.63, 3.8) is 0 Å². The van der Waals surface area contributed by atoms with E-state index in [4.69, 9.17) is 0 Å². The summed E-state index contributed by atoms with van der Waals surface area (Å²) < 4.78 is 32.3. The normalized spacial score (nSPS) is 11.1. The van der Waals surface area contributed by atoms with Crippen LogP contribution < -0.4 is 4.72 Å². The molecule has 1 aromatic heterocycles. The molecule has 112 valence electrons. The molecule has 2 rings (SSSR count). The zero-order valence-electron chi connectivity index (χ0n) is 11.4. The number of benzene rings is 1. The van der Waals surface area contributed by atoms with E-state index in [0.717, 1.165) is 0 Å². The number of sulfonamides is 1. The molecule has 1 N–H and O–H groups in total. The molecule has 21 heavy (non-hydrogen) atoms. The Hall–Kier alpha value is -2.35. The highest BCUT2D eigenvalue weighted by atomic mass is 32.2. The van der Waals surface area contributed by atoms with Crippen LogP contribution in [0.5, 0.6) is 0 Å². The van der Waals surface area contributed by atoms with Crippen LogP contribution in [0.4, 0.5) is 5.69 Å². The first-order chi connectivity index (χ1) is 9.98. The first kappa shape index (κ1) is 15.0. The van der Waals surface area contributed by atoms with E-state index in [9.17, 15) is 13.2 Å². The second-order valence-electron chi connectivity index (χ2n) is 4.35. The molecule has 0 fully saturated rings. The molecule has 8 heteroatoms. The third-order valence-corrected chi connectivity index (χ3v) is 3.88. The van der Waals surface area contributed by atoms with Crippen molar-refractivity contribution >= 4 is 21.7 Å². The molecule has 0 bridgehead atoms. The van der Waals surface area contributed by atoms with Gasteiger partial charge in [0.25, 0.3) is 0 Å². The van der Waals surface area contributed by atoms with Crippen molar-refractivity contribution in [3.05, 3.63) is 48.3 Å². The molecule has 2 aromatic rings. The minimum Gasteiger partial charge on any atom is -0.468 e. The van der Waals surface area contributed by atoms with Crippen molar-refractivity contribution < 1.29 is 17.9 Å². The van der Waals surface area contributed by atoms with Gasteiger partial charge in [-0.15, -0.1) is 0 Å². The molecule has 0 unspecified atom stereocenters. The summed E-state index contributed by atoms with van der Waals surface area (Å²) in [4.78, 5) is 11.1. The molecular weight excluding hydrogens is 294 g/mol. The van der Waals surface area contributed by atoms with Gasteiger partial charge in [-0.05, 0) is 5.56 Å². The van der Waals surface area contributed by atoms with E-state index in [2.05, 4.69) is 14.6 Å². The maximum Gasteiger partial charge on any atom is 0.327 e. The summed E-state index contributed by atoms with van der Waals surface area (Å²) in [7, 11) is -2.25. The molecule has 0 aliphatic rings. The predicted molar refractivity (Wildman–Crippen MR) is 76.9 cm³/mol. The zero-order chi connectivity index (χ0) is 15.3. The molecule has 0 saturated carbocycles. The Morgan fingerprint density at radius 1 is 1.33 bits per heavy atom. The molecule has 0 atom stereocenters. The minimum atomic E-state index is -3.53. The smallest absolute Gasteiger partial charge is 0.327 e. The molecule has 0 aliphatic heterocycles. The van der Waals surface area contributed by atoms with Crippen molar-refractivity contribution in [3.8, 4) is 0 Å². The van der Waals surface area contributed by atoms with Gasteiger partial charge in [-0.2, -0.15) is 5.10 Å². The zero-order valence-corrected chi connectivity index (χ0v) is 12.2. The molecule has 1 aromatic carbocycles. The molecule has 0 amide bonds. The van der Waals surface area contributed by atoms with E-state index < -0.39 is 16.0 Å². The van der Waals surface area contributed by atoms with Gasteiger partial charge >= 0.3 is 5.97 Å². The molecule has 0 radical (unpaired) electrons. The second-order valence-corrected chi connectivity index (χ2v) is 6.07. The number of carbonyl (C=O) groups is 1. The van der Waals surface area contributed by atoms with Gasteiger partial charge in [0, 0.05) is 6.20 Å². The third-order valence-electron chi connectivity index (χ3n) is 2.62. The Kier molecular flexibility index (Phi) is 4.59. The van der Waals surface area contributed by atoms with Crippen LogP contribution in [0.25, 0.3) is 0 Å². The summed E-state index contributed by atoms with van der Waals surface area (Å²) in [5, 5.41) is 3.88. The molecular formula is C13H15N3O4S. The highest BCUT2D eigenvalue weighted by Crippen LogP contribution is 2.11. The van der Waals surface area contributed by atoms with Crippen LogP contribution in [0.3, 0.4) is 0 Å². The van der Waals surface area contributed by atoms with E-state index >= 15 is 0 Å². The molecule has 0 saturated heterocycles. The minimum absolute atomic E-state index is 0.0725. The second kappa shape index (κ2) is 6.40. The summed E-state index contributed by atoms with van der Waals surface area (Å²) in [5.74, 6) is -0.590. The fourth-order valence-corrected chi connectivity index (χ4v) is 2.88. The van der Waals surface area contributed by atoms with Gasteiger partial charge in [-0.3, -0.25) is 14.2 Å². The number of aromatic nitrogens is 2. The lowest BCUT2D eigenvalue weighted by atomic mass is 10.2. The van der Waals surface area contributed by atoms with Crippen molar-refractivity contribution in [1.82, 2.24) is 9.78 Å². The lowest BCUT2D eigenvalue weighted by molar-refractivity contribution is -0.141. The van der Waals surface area contributed by atoms with Gasteiger partial charge in [0.15, 0.2) is 0 Å². The van der Waals surface area contributed by atoms with E-state index in [-0.39, 0.29) is 12.3 Å². The first-order valence-electron chi connectivity index (χ1n) is 6.12. The van der Waals surface area contributed by atoms with Crippen LogP contribution >= 0.6 is 0 Å². The van der Waals surface area contributed by atoms with Gasteiger partial charge < -0.3 is 4.74 Å². The fraction of sp³-hybridized carbons (Fsp3) is 0.231. The number of anilines is 1. The standard InChI is InChI=1S/C13H15N3O4S/c1-20-13(17)9-16-8-12(7-14-16)15-21(18,19)10-11-5-3-2-4-6-11/h2-8,15H,9-10H2,1H3. The number of ether oxygens (including phenoxy) is 1. The average Bonchev–Trinajstić information content (AvgIpc) is 2.85. The quantitative estimate of drug-likeness (QED) is 0.804. The highest BCUT2D eigenvalue weighted by Gasteiger charge is 2.13. The number of nitrogens with zero attached hydrogens (tertiary/aromatic N) is 2. The molecule has 0 aliphatic carbocycles. The number of carbonyl (C=O) groups excluding carboxylic acids is 1. The number of esters is 1. The summed E-state index contributed by atoms with van der Waals surface area (Å²) in [5.41, 5.74) is 0.988. The number of hydrogen-bond donors (Lipinski definition) is 1. The molecule has 1 heterocycles. The maximum absolute atomic E-state index is 12.0. The van der Waals surface area contributed by atoms with Gasteiger partial charge in [0.05, 0.1) is 24.7 Å². The van der Waals surface area contributed by atoms with Crippen LogP contribution in [0.2, 0.25) is 0 Å². The van der Waals surface area contributed by atoms with Gasteiger partial charge in [-0.25, -0.2) is 8.42 Å². The molecule has 0 spiro atoms. The average molecular weight is 309 g/mol. The van der Waals surface area contributed by atoms with Gasteiger partial charge in [-0.1, -0.05) is 30.3 Å². The first-order valence-corrected chi connectivity index (χ1v) is 7.77. The topological polar surface area (TPSA) is 90.3 Å². The summed E-state index contributed by atoms with van der Waals surface area (Å²) in [6.45, 7) is -0.0725. The predicted octanol–water partition coefficient (Wildman–Crippen LogP) is 0.998. The number of nitrogens with one attached hydrogen (secondary N) is 1. The Labute approximate surface area is 122 Å². The van der Waals surface area contributed by atoms with E-state index in [1.807, 2.05) is 6.07 Å². The fourth-order valence-electron chi connectivity index (χ4n) is 1.71. The van der Waals surface area contributed by atoms with Crippen LogP contribution in [-0.4, -0.2) is 31.3 Å². The summed E-state index contributed by atoms with van der Waals surface area (Å²) in [6, 6.07) is 8.85. The Morgan fingerprint density at radius 2 is 2.05 bits per heavy atom. The largest absolute Gasteiger partial charge is 0.468 e. The Bertz CT molecular complexity index is 710. The maximum atomic E-state index is 12.0. The summed E-state index contributed by atoms with van der Waals surface area (Å²) in [6.07, 6.45) is 2.77. The van der Waals surface area contributed by atoms with Crippen molar-refractivity contribution in [2.24, 2.45) is 0 Å². The number of methoxy groups -OCH3 is 1. The SMILES string of the molecule is COC(=O)Cn1cc(NS(=O)(=O)Cc2ccccc2)cn1. The Balaban J connectivity index is 2.02. The lowest BCUT2D eigenvalue weighted by Gasteiger charge is -2.05. The van der Waals surface area contributed by atoms with E-state index in [1.165, 1.54) is 24.2 Å². The summed E-state index contributed by atoms with van der Waals surface area (Å²) >= 11 is 0. The van der Waals surface area contributed by atoms with Crippen LogP contribution in [-0.2, 0) is 31.9 Å². The van der Waals surface area contributed by atoms with Crippen molar-refractivity contribution in [2.75, 3.05) is 11.8 Å².